The third-order valence-electron chi connectivity index (χ3n) is 1.79. The van der Waals surface area contributed by atoms with E-state index in [9.17, 15) is 0 Å². The summed E-state index contributed by atoms with van der Waals surface area (Å²) in [6.45, 7) is 0. The molecule has 11 heavy (non-hydrogen) atoms. The summed E-state index contributed by atoms with van der Waals surface area (Å²) in [6.07, 6.45) is 8.11. The normalized spacial score (nSPS) is 18.7. The van der Waals surface area contributed by atoms with Crippen molar-refractivity contribution in [1.82, 2.24) is 5.48 Å². The number of nitrogens with one attached hydrogen (secondary N) is 1. The van der Waals surface area contributed by atoms with E-state index in [1.165, 1.54) is 24.6 Å². The fourth-order valence-electron chi connectivity index (χ4n) is 1.27. The lowest BCUT2D eigenvalue weighted by Crippen LogP contribution is -1.93. The molecule has 1 saturated carbocycles. The number of hydrogen-bond acceptors (Lipinski definition) is 2. The Kier molecular flexibility index (Phi) is 3.46. The van der Waals surface area contributed by atoms with Crippen molar-refractivity contribution >= 4 is 11.6 Å². The second kappa shape index (κ2) is 4.42. The highest BCUT2D eigenvalue weighted by Crippen LogP contribution is 2.25. The molecule has 1 fully saturated rings. The summed E-state index contributed by atoms with van der Waals surface area (Å²) in [5, 5.41) is 8.83. The summed E-state index contributed by atoms with van der Waals surface area (Å²) >= 11 is 5.72. The smallest absolute Gasteiger partial charge is 0.0586 e. The SMILES string of the molecule is ON/C=C(/Cl)C=C1CCCC1. The van der Waals surface area contributed by atoms with Crippen molar-refractivity contribution in [1.29, 1.82) is 0 Å². The molecule has 0 aromatic heterocycles. The summed E-state index contributed by atoms with van der Waals surface area (Å²) < 4.78 is 0. The molecule has 3 heteroatoms. The first-order valence-corrected chi connectivity index (χ1v) is 4.15. The van der Waals surface area contributed by atoms with Crippen LogP contribution in [0.3, 0.4) is 0 Å². The summed E-state index contributed by atoms with van der Waals surface area (Å²) in [7, 11) is 0. The van der Waals surface area contributed by atoms with Crippen molar-refractivity contribution in [2.24, 2.45) is 0 Å². The molecular formula is C8H12ClNO. The van der Waals surface area contributed by atoms with Crippen LogP contribution in [0.5, 0.6) is 0 Å². The number of halogens is 1. The monoisotopic (exact) mass is 173 g/mol. The standard InChI is InChI=1S/C8H12ClNO/c9-8(6-10-11)5-7-3-1-2-4-7/h5-6,10-11H,1-4H2/b8-6+. The van der Waals surface area contributed by atoms with Gasteiger partial charge in [0.25, 0.3) is 0 Å². The number of hydroxylamine groups is 1. The highest BCUT2D eigenvalue weighted by atomic mass is 35.5. The van der Waals surface area contributed by atoms with E-state index in [4.69, 9.17) is 16.8 Å². The first-order chi connectivity index (χ1) is 5.33. The molecule has 1 rings (SSSR count). The van der Waals surface area contributed by atoms with E-state index in [1.54, 1.807) is 0 Å². The first-order valence-electron chi connectivity index (χ1n) is 3.77. The van der Waals surface area contributed by atoms with Gasteiger partial charge in [-0.3, -0.25) is 10.7 Å². The van der Waals surface area contributed by atoms with Crippen LogP contribution in [0.4, 0.5) is 0 Å². The van der Waals surface area contributed by atoms with Gasteiger partial charge >= 0.3 is 0 Å². The summed E-state index contributed by atoms with van der Waals surface area (Å²) in [5.74, 6) is 0. The van der Waals surface area contributed by atoms with Gasteiger partial charge in [-0.25, -0.2) is 0 Å². The van der Waals surface area contributed by atoms with E-state index in [1.807, 2.05) is 11.6 Å². The second-order valence-corrected chi connectivity index (χ2v) is 3.10. The first kappa shape index (κ1) is 8.62. The van der Waals surface area contributed by atoms with Gasteiger partial charge < -0.3 is 0 Å². The Balaban J connectivity index is 2.49. The van der Waals surface area contributed by atoms with Crippen LogP contribution in [0.15, 0.2) is 22.9 Å². The van der Waals surface area contributed by atoms with Crippen LogP contribution in [0.1, 0.15) is 25.7 Å². The molecule has 0 aliphatic heterocycles. The van der Waals surface area contributed by atoms with Crippen molar-refractivity contribution in [2.75, 3.05) is 0 Å². The molecule has 0 amide bonds. The molecule has 0 spiro atoms. The predicted molar refractivity (Wildman–Crippen MR) is 45.4 cm³/mol. The summed E-state index contributed by atoms with van der Waals surface area (Å²) in [5.41, 5.74) is 3.28. The molecule has 62 valence electrons. The lowest BCUT2D eigenvalue weighted by atomic mass is 10.2. The van der Waals surface area contributed by atoms with Crippen LogP contribution in [0.2, 0.25) is 0 Å². The molecule has 0 radical (unpaired) electrons. The highest BCUT2D eigenvalue weighted by Gasteiger charge is 2.05. The minimum absolute atomic E-state index is 0.560. The molecular weight excluding hydrogens is 162 g/mol. The summed E-state index contributed by atoms with van der Waals surface area (Å²) in [6, 6.07) is 0. The Morgan fingerprint density at radius 1 is 1.45 bits per heavy atom. The molecule has 2 nitrogen and oxygen atoms in total. The van der Waals surface area contributed by atoms with Crippen LogP contribution >= 0.6 is 11.6 Å². The Bertz CT molecular complexity index is 179. The molecule has 0 heterocycles. The van der Waals surface area contributed by atoms with Crippen molar-refractivity contribution in [3.63, 3.8) is 0 Å². The fourth-order valence-corrected chi connectivity index (χ4v) is 1.47. The predicted octanol–water partition coefficient (Wildman–Crippen LogP) is 2.55. The lowest BCUT2D eigenvalue weighted by Gasteiger charge is -1.93. The van der Waals surface area contributed by atoms with E-state index in [2.05, 4.69) is 0 Å². The van der Waals surface area contributed by atoms with E-state index in [-0.39, 0.29) is 0 Å². The summed E-state index contributed by atoms with van der Waals surface area (Å²) in [4.78, 5) is 0. The zero-order valence-corrected chi connectivity index (χ0v) is 7.06. The number of hydrogen-bond donors (Lipinski definition) is 2. The van der Waals surface area contributed by atoms with Crippen molar-refractivity contribution in [2.45, 2.75) is 25.7 Å². The van der Waals surface area contributed by atoms with Crippen molar-refractivity contribution < 1.29 is 5.21 Å². The maximum absolute atomic E-state index is 8.27. The van der Waals surface area contributed by atoms with Gasteiger partial charge in [0.2, 0.25) is 0 Å². The van der Waals surface area contributed by atoms with Gasteiger partial charge in [0.15, 0.2) is 0 Å². The van der Waals surface area contributed by atoms with Crippen LogP contribution in [0.25, 0.3) is 0 Å². The van der Waals surface area contributed by atoms with E-state index in [0.29, 0.717) is 5.03 Å². The fraction of sp³-hybridized carbons (Fsp3) is 0.500. The lowest BCUT2D eigenvalue weighted by molar-refractivity contribution is 0.214. The maximum Gasteiger partial charge on any atom is 0.0586 e. The van der Waals surface area contributed by atoms with Crippen molar-refractivity contribution in [3.05, 3.63) is 22.9 Å². The molecule has 0 unspecified atom stereocenters. The Morgan fingerprint density at radius 3 is 2.64 bits per heavy atom. The van der Waals surface area contributed by atoms with E-state index in [0.717, 1.165) is 12.8 Å². The average molecular weight is 174 g/mol. The van der Waals surface area contributed by atoms with Gasteiger partial charge in [-0.05, 0) is 31.8 Å². The van der Waals surface area contributed by atoms with E-state index >= 15 is 0 Å². The van der Waals surface area contributed by atoms with Gasteiger partial charge in [0.1, 0.15) is 0 Å². The second-order valence-electron chi connectivity index (χ2n) is 2.67. The van der Waals surface area contributed by atoms with Crippen LogP contribution in [-0.4, -0.2) is 5.21 Å². The molecule has 1 aliphatic rings. The highest BCUT2D eigenvalue weighted by molar-refractivity contribution is 6.31. The Hall–Kier alpha value is -0.470. The maximum atomic E-state index is 8.27. The molecule has 2 N–H and O–H groups in total. The number of allylic oxidation sites excluding steroid dienone is 3. The average Bonchev–Trinajstić information content (AvgIpc) is 2.40. The third kappa shape index (κ3) is 2.95. The zero-order chi connectivity index (χ0) is 8.10. The zero-order valence-electron chi connectivity index (χ0n) is 6.31. The topological polar surface area (TPSA) is 32.3 Å². The Morgan fingerprint density at radius 2 is 2.09 bits per heavy atom. The largest absolute Gasteiger partial charge is 0.292 e. The van der Waals surface area contributed by atoms with Gasteiger partial charge in [-0.15, -0.1) is 0 Å². The van der Waals surface area contributed by atoms with Gasteiger partial charge in [0, 0.05) is 6.20 Å². The molecule has 0 atom stereocenters. The molecule has 0 aromatic carbocycles. The van der Waals surface area contributed by atoms with Crippen LogP contribution < -0.4 is 5.48 Å². The molecule has 0 aromatic rings. The van der Waals surface area contributed by atoms with Crippen LogP contribution in [0, 0.1) is 0 Å². The van der Waals surface area contributed by atoms with Gasteiger partial charge in [-0.1, -0.05) is 17.2 Å². The van der Waals surface area contributed by atoms with Crippen LogP contribution in [-0.2, 0) is 0 Å². The number of rotatable bonds is 2. The quantitative estimate of drug-likeness (QED) is 0.629. The molecule has 1 aliphatic carbocycles. The van der Waals surface area contributed by atoms with Gasteiger partial charge in [-0.2, -0.15) is 0 Å². The third-order valence-corrected chi connectivity index (χ3v) is 2.01. The van der Waals surface area contributed by atoms with Gasteiger partial charge in [0.05, 0.1) is 5.03 Å². The molecule has 0 bridgehead atoms. The molecule has 0 saturated heterocycles. The minimum atomic E-state index is 0.560. The van der Waals surface area contributed by atoms with E-state index < -0.39 is 0 Å². The van der Waals surface area contributed by atoms with Crippen molar-refractivity contribution in [3.8, 4) is 0 Å². The Labute approximate surface area is 71.5 Å². The minimum Gasteiger partial charge on any atom is -0.292 e.